The SMILES string of the molecule is CCCCOc1ccc(C2C(C(=O)OCC(C)C)=C(C)N=c3sc(=CC=Cc4ccccc4)c(=O)n32)cc1OC. The average Bonchev–Trinajstić information content (AvgIpc) is 3.26. The number of methoxy groups -OCH3 is 1. The Morgan fingerprint density at radius 3 is 2.62 bits per heavy atom. The van der Waals surface area contributed by atoms with E-state index >= 15 is 0 Å². The summed E-state index contributed by atoms with van der Waals surface area (Å²) in [5, 5.41) is 0. The topological polar surface area (TPSA) is 79.1 Å². The first-order chi connectivity index (χ1) is 19.3. The zero-order valence-electron chi connectivity index (χ0n) is 23.7. The van der Waals surface area contributed by atoms with Crippen LogP contribution in [0.5, 0.6) is 11.5 Å². The van der Waals surface area contributed by atoms with Gasteiger partial charge >= 0.3 is 5.97 Å². The number of hydrogen-bond donors (Lipinski definition) is 0. The monoisotopic (exact) mass is 560 g/mol. The van der Waals surface area contributed by atoms with Crippen LogP contribution in [0.2, 0.25) is 0 Å². The van der Waals surface area contributed by atoms with Gasteiger partial charge in [-0.2, -0.15) is 0 Å². The van der Waals surface area contributed by atoms with Gasteiger partial charge in [-0.1, -0.05) is 87.1 Å². The minimum atomic E-state index is -0.727. The number of allylic oxidation sites excluding steroid dienone is 2. The molecule has 2 heterocycles. The Bertz CT molecular complexity index is 1580. The van der Waals surface area contributed by atoms with Gasteiger partial charge in [-0.15, -0.1) is 0 Å². The standard InChI is InChI=1S/C32H36N2O5S/c1-6-7-18-38-25-17-16-24(19-26(25)37-5)29-28(31(36)39-20-21(2)3)22(4)33-32-34(29)30(35)27(40-32)15-11-14-23-12-9-8-10-13-23/h8-17,19,21,29H,6-7,18,20H2,1-5H3. The first-order valence-corrected chi connectivity index (χ1v) is 14.4. The summed E-state index contributed by atoms with van der Waals surface area (Å²) in [5.74, 6) is 0.829. The van der Waals surface area contributed by atoms with Crippen molar-refractivity contribution in [2.24, 2.45) is 10.9 Å². The van der Waals surface area contributed by atoms with E-state index in [2.05, 4.69) is 11.9 Å². The number of ether oxygens (including phenoxy) is 3. The zero-order valence-corrected chi connectivity index (χ0v) is 24.5. The number of aromatic nitrogens is 1. The van der Waals surface area contributed by atoms with Crippen LogP contribution in [0, 0.1) is 5.92 Å². The van der Waals surface area contributed by atoms with Crippen molar-refractivity contribution in [1.82, 2.24) is 4.57 Å². The molecule has 2 aromatic carbocycles. The maximum atomic E-state index is 13.8. The second-order valence-corrected chi connectivity index (χ2v) is 11.0. The minimum absolute atomic E-state index is 0.167. The summed E-state index contributed by atoms with van der Waals surface area (Å²) >= 11 is 1.29. The zero-order chi connectivity index (χ0) is 28.6. The van der Waals surface area contributed by atoms with Crippen molar-refractivity contribution in [3.05, 3.63) is 96.7 Å². The van der Waals surface area contributed by atoms with Gasteiger partial charge in [0.2, 0.25) is 0 Å². The lowest BCUT2D eigenvalue weighted by atomic mass is 9.95. The predicted molar refractivity (Wildman–Crippen MR) is 159 cm³/mol. The molecule has 0 aliphatic carbocycles. The van der Waals surface area contributed by atoms with E-state index in [-0.39, 0.29) is 18.1 Å². The van der Waals surface area contributed by atoms with Gasteiger partial charge in [0.15, 0.2) is 16.3 Å². The highest BCUT2D eigenvalue weighted by atomic mass is 32.1. The summed E-state index contributed by atoms with van der Waals surface area (Å²) in [4.78, 5) is 32.4. The van der Waals surface area contributed by atoms with Gasteiger partial charge in [-0.05, 0) is 48.6 Å². The summed E-state index contributed by atoms with van der Waals surface area (Å²) in [7, 11) is 1.58. The van der Waals surface area contributed by atoms with Crippen molar-refractivity contribution in [2.75, 3.05) is 20.3 Å². The summed E-state index contributed by atoms with van der Waals surface area (Å²) in [6.07, 6.45) is 7.52. The van der Waals surface area contributed by atoms with Crippen LogP contribution in [0.1, 0.15) is 57.7 Å². The van der Waals surface area contributed by atoms with E-state index in [0.29, 0.717) is 44.3 Å². The molecular formula is C32H36N2O5S. The summed E-state index contributed by atoms with van der Waals surface area (Å²) in [5.41, 5.74) is 2.37. The number of carbonyl (C=O) groups is 1. The van der Waals surface area contributed by atoms with Crippen LogP contribution in [0.15, 0.2) is 75.7 Å². The van der Waals surface area contributed by atoms with Gasteiger partial charge in [0.25, 0.3) is 5.56 Å². The quantitative estimate of drug-likeness (QED) is 0.235. The van der Waals surface area contributed by atoms with Crippen molar-refractivity contribution < 1.29 is 19.0 Å². The molecule has 0 spiro atoms. The molecule has 1 aliphatic rings. The van der Waals surface area contributed by atoms with E-state index < -0.39 is 12.0 Å². The molecular weight excluding hydrogens is 524 g/mol. The lowest BCUT2D eigenvalue weighted by Gasteiger charge is -2.25. The average molecular weight is 561 g/mol. The number of rotatable bonds is 11. The van der Waals surface area contributed by atoms with E-state index in [1.165, 1.54) is 11.3 Å². The van der Waals surface area contributed by atoms with E-state index in [1.807, 2.05) is 74.5 Å². The molecule has 1 aliphatic heterocycles. The van der Waals surface area contributed by atoms with Gasteiger partial charge in [0, 0.05) is 0 Å². The third kappa shape index (κ3) is 6.62. The number of thiazole rings is 1. The third-order valence-corrected chi connectivity index (χ3v) is 7.39. The van der Waals surface area contributed by atoms with Gasteiger partial charge in [-0.3, -0.25) is 9.36 Å². The number of benzene rings is 2. The summed E-state index contributed by atoms with van der Waals surface area (Å²) in [6, 6.07) is 14.7. The molecule has 1 atom stereocenters. The summed E-state index contributed by atoms with van der Waals surface area (Å²) < 4.78 is 19.3. The molecule has 0 fully saturated rings. The normalized spacial score (nSPS) is 15.3. The predicted octanol–water partition coefficient (Wildman–Crippen LogP) is 5.29. The fraction of sp³-hybridized carbons (Fsp3) is 0.344. The lowest BCUT2D eigenvalue weighted by Crippen LogP contribution is -2.40. The lowest BCUT2D eigenvalue weighted by molar-refractivity contribution is -0.140. The van der Waals surface area contributed by atoms with Crippen molar-refractivity contribution in [3.63, 3.8) is 0 Å². The van der Waals surface area contributed by atoms with Crippen molar-refractivity contribution >= 4 is 29.5 Å². The highest BCUT2D eigenvalue weighted by Crippen LogP contribution is 2.36. The summed E-state index contributed by atoms with van der Waals surface area (Å²) in [6.45, 7) is 8.68. The highest BCUT2D eigenvalue weighted by Gasteiger charge is 2.34. The maximum Gasteiger partial charge on any atom is 0.338 e. The molecule has 3 aromatic rings. The van der Waals surface area contributed by atoms with Crippen LogP contribution in [-0.2, 0) is 9.53 Å². The molecule has 0 saturated heterocycles. The van der Waals surface area contributed by atoms with Crippen molar-refractivity contribution in [1.29, 1.82) is 0 Å². The molecule has 0 N–H and O–H groups in total. The molecule has 0 radical (unpaired) electrons. The molecule has 0 saturated carbocycles. The number of unbranched alkanes of at least 4 members (excludes halogenated alkanes) is 1. The van der Waals surface area contributed by atoms with Crippen LogP contribution >= 0.6 is 11.3 Å². The van der Waals surface area contributed by atoms with Crippen molar-refractivity contribution in [2.45, 2.75) is 46.6 Å². The van der Waals surface area contributed by atoms with E-state index in [4.69, 9.17) is 14.2 Å². The van der Waals surface area contributed by atoms with Gasteiger partial charge in [0.05, 0.1) is 42.2 Å². The fourth-order valence-corrected chi connectivity index (χ4v) is 5.34. The van der Waals surface area contributed by atoms with E-state index in [1.54, 1.807) is 24.7 Å². The number of esters is 1. The van der Waals surface area contributed by atoms with Crippen molar-refractivity contribution in [3.8, 4) is 11.5 Å². The van der Waals surface area contributed by atoms with Crippen LogP contribution in [0.25, 0.3) is 12.2 Å². The largest absolute Gasteiger partial charge is 0.493 e. The second-order valence-electron chi connectivity index (χ2n) is 9.98. The number of carbonyl (C=O) groups excluding carboxylic acids is 1. The molecule has 0 amide bonds. The van der Waals surface area contributed by atoms with E-state index in [0.717, 1.165) is 18.4 Å². The number of hydrogen-bond acceptors (Lipinski definition) is 7. The molecule has 210 valence electrons. The molecule has 40 heavy (non-hydrogen) atoms. The molecule has 8 heteroatoms. The smallest absolute Gasteiger partial charge is 0.338 e. The first-order valence-electron chi connectivity index (χ1n) is 13.6. The number of nitrogens with zero attached hydrogens (tertiary/aromatic N) is 2. The molecule has 1 aromatic heterocycles. The molecule has 7 nitrogen and oxygen atoms in total. The Balaban J connectivity index is 1.82. The Morgan fingerprint density at radius 1 is 1.15 bits per heavy atom. The Labute approximate surface area is 238 Å². The fourth-order valence-electron chi connectivity index (χ4n) is 4.34. The minimum Gasteiger partial charge on any atom is -0.493 e. The Hall–Kier alpha value is -3.91. The number of fused-ring (bicyclic) bond motifs is 1. The Kier molecular flexibility index (Phi) is 9.77. The Morgan fingerprint density at radius 2 is 1.93 bits per heavy atom. The molecule has 1 unspecified atom stereocenters. The maximum absolute atomic E-state index is 13.8. The molecule has 4 rings (SSSR count). The van der Waals surface area contributed by atoms with Crippen LogP contribution in [0.3, 0.4) is 0 Å². The van der Waals surface area contributed by atoms with Gasteiger partial charge < -0.3 is 14.2 Å². The van der Waals surface area contributed by atoms with Crippen LogP contribution in [-0.4, -0.2) is 30.9 Å². The third-order valence-electron chi connectivity index (χ3n) is 6.38. The highest BCUT2D eigenvalue weighted by molar-refractivity contribution is 7.07. The van der Waals surface area contributed by atoms with Crippen LogP contribution in [0.4, 0.5) is 0 Å². The first kappa shape index (κ1) is 29.1. The van der Waals surface area contributed by atoms with Crippen LogP contribution < -0.4 is 24.4 Å². The van der Waals surface area contributed by atoms with E-state index in [9.17, 15) is 9.59 Å². The van der Waals surface area contributed by atoms with Gasteiger partial charge in [0.1, 0.15) is 0 Å². The van der Waals surface area contributed by atoms with Gasteiger partial charge in [-0.25, -0.2) is 9.79 Å². The molecule has 0 bridgehead atoms. The second kappa shape index (κ2) is 13.4.